The van der Waals surface area contributed by atoms with E-state index in [1.807, 2.05) is 24.3 Å². The van der Waals surface area contributed by atoms with Gasteiger partial charge in [-0.15, -0.1) is 0 Å². The molecule has 9 nitrogen and oxygen atoms in total. The van der Waals surface area contributed by atoms with Crippen molar-refractivity contribution in [2.75, 3.05) is 18.5 Å². The van der Waals surface area contributed by atoms with Gasteiger partial charge in [0, 0.05) is 35.7 Å². The van der Waals surface area contributed by atoms with Crippen molar-refractivity contribution in [2.24, 2.45) is 11.5 Å². The van der Waals surface area contributed by atoms with Gasteiger partial charge in [-0.05, 0) is 31.0 Å². The van der Waals surface area contributed by atoms with Crippen LogP contribution in [0.2, 0.25) is 0 Å². The molecule has 1 fully saturated rings. The molecule has 152 valence electrons. The molecule has 3 amide bonds. The third-order valence-electron chi connectivity index (χ3n) is 5.03. The number of H-pyrrole nitrogens is 1. The minimum absolute atomic E-state index is 0.179. The second kappa shape index (κ2) is 7.98. The Hall–Kier alpha value is -3.30. The summed E-state index contributed by atoms with van der Waals surface area (Å²) >= 11 is 0. The number of urea groups is 1. The number of furan rings is 1. The molecule has 1 aliphatic heterocycles. The topological polar surface area (TPSA) is 148 Å². The van der Waals surface area contributed by atoms with Crippen LogP contribution in [-0.4, -0.2) is 36.2 Å². The van der Waals surface area contributed by atoms with Crippen LogP contribution in [0.4, 0.5) is 10.6 Å². The van der Waals surface area contributed by atoms with Gasteiger partial charge in [-0.1, -0.05) is 12.1 Å². The molecule has 1 aromatic carbocycles. The standard InChI is InChI=1S/C20H23N5O4/c21-18(26)17-14-3-1-11(9-15(14)24-19(17)25-20(22)27)16-4-2-13(29-16)10-23-12-5-7-28-8-6-12/h1-4,9,12,23-24H,5-8,10H2,(H2,21,26)(H3,22,25,27). The van der Waals surface area contributed by atoms with Crippen LogP contribution in [0.3, 0.4) is 0 Å². The maximum absolute atomic E-state index is 11.8. The molecule has 3 heterocycles. The van der Waals surface area contributed by atoms with Crippen LogP contribution >= 0.6 is 0 Å². The van der Waals surface area contributed by atoms with Gasteiger partial charge in [0.1, 0.15) is 17.3 Å². The zero-order chi connectivity index (χ0) is 20.4. The third-order valence-corrected chi connectivity index (χ3v) is 5.03. The van der Waals surface area contributed by atoms with Gasteiger partial charge in [-0.3, -0.25) is 10.1 Å². The van der Waals surface area contributed by atoms with Gasteiger partial charge in [0.2, 0.25) is 0 Å². The van der Waals surface area contributed by atoms with E-state index in [1.54, 1.807) is 6.07 Å². The first-order chi connectivity index (χ1) is 14.0. The molecule has 0 radical (unpaired) electrons. The van der Waals surface area contributed by atoms with E-state index in [0.29, 0.717) is 29.2 Å². The Bertz CT molecular complexity index is 1050. The molecule has 0 atom stereocenters. The summed E-state index contributed by atoms with van der Waals surface area (Å²) in [5.74, 6) is 1.06. The number of aromatic amines is 1. The molecule has 1 aliphatic rings. The molecular formula is C20H23N5O4. The Labute approximate surface area is 166 Å². The van der Waals surface area contributed by atoms with E-state index >= 15 is 0 Å². The lowest BCUT2D eigenvalue weighted by molar-refractivity contribution is 0.0771. The fourth-order valence-electron chi connectivity index (χ4n) is 3.60. The smallest absolute Gasteiger partial charge is 0.317 e. The molecule has 3 aromatic rings. The predicted molar refractivity (Wildman–Crippen MR) is 108 cm³/mol. The number of carbonyl (C=O) groups is 2. The molecule has 9 heteroatoms. The molecule has 7 N–H and O–H groups in total. The van der Waals surface area contributed by atoms with Crippen LogP contribution in [0, 0.1) is 0 Å². The van der Waals surface area contributed by atoms with Gasteiger partial charge in [-0.25, -0.2) is 4.79 Å². The summed E-state index contributed by atoms with van der Waals surface area (Å²) in [6, 6.07) is 8.93. The number of amides is 3. The van der Waals surface area contributed by atoms with E-state index < -0.39 is 11.9 Å². The highest BCUT2D eigenvalue weighted by Gasteiger charge is 2.19. The number of primary amides is 2. The number of benzene rings is 1. The van der Waals surface area contributed by atoms with E-state index in [1.165, 1.54) is 0 Å². The Morgan fingerprint density at radius 2 is 1.93 bits per heavy atom. The summed E-state index contributed by atoms with van der Waals surface area (Å²) in [5, 5.41) is 6.48. The van der Waals surface area contributed by atoms with Crippen LogP contribution in [0.25, 0.3) is 22.2 Å². The highest BCUT2D eigenvalue weighted by Crippen LogP contribution is 2.31. The van der Waals surface area contributed by atoms with Crippen molar-refractivity contribution in [3.8, 4) is 11.3 Å². The van der Waals surface area contributed by atoms with Gasteiger partial charge in [0.25, 0.3) is 5.91 Å². The normalized spacial score (nSPS) is 14.9. The van der Waals surface area contributed by atoms with Crippen molar-refractivity contribution >= 4 is 28.7 Å². The summed E-state index contributed by atoms with van der Waals surface area (Å²) in [4.78, 5) is 26.0. The second-order valence-corrected chi connectivity index (χ2v) is 7.02. The number of nitrogens with one attached hydrogen (secondary N) is 3. The van der Waals surface area contributed by atoms with Crippen molar-refractivity contribution < 1.29 is 18.7 Å². The number of anilines is 1. The fraction of sp³-hybridized carbons (Fsp3) is 0.300. The number of nitrogens with two attached hydrogens (primary N) is 2. The summed E-state index contributed by atoms with van der Waals surface area (Å²) in [5.41, 5.74) is 12.3. The van der Waals surface area contributed by atoms with Crippen molar-refractivity contribution in [3.05, 3.63) is 41.7 Å². The largest absolute Gasteiger partial charge is 0.460 e. The zero-order valence-electron chi connectivity index (χ0n) is 15.8. The molecule has 29 heavy (non-hydrogen) atoms. The number of rotatable bonds is 6. The third kappa shape index (κ3) is 4.10. The molecule has 0 spiro atoms. The van der Waals surface area contributed by atoms with Crippen molar-refractivity contribution in [1.29, 1.82) is 0 Å². The van der Waals surface area contributed by atoms with Gasteiger partial charge in [-0.2, -0.15) is 0 Å². The molecule has 1 saturated heterocycles. The maximum atomic E-state index is 11.8. The Balaban J connectivity index is 1.55. The number of aromatic nitrogens is 1. The molecule has 2 aromatic heterocycles. The Kier molecular flexibility index (Phi) is 5.24. The summed E-state index contributed by atoms with van der Waals surface area (Å²) < 4.78 is 11.3. The molecular weight excluding hydrogens is 374 g/mol. The summed E-state index contributed by atoms with van der Waals surface area (Å²) in [6.45, 7) is 2.22. The highest BCUT2D eigenvalue weighted by atomic mass is 16.5. The fourth-order valence-corrected chi connectivity index (χ4v) is 3.60. The van der Waals surface area contributed by atoms with Crippen LogP contribution in [0.15, 0.2) is 34.7 Å². The van der Waals surface area contributed by atoms with E-state index in [-0.39, 0.29) is 11.4 Å². The van der Waals surface area contributed by atoms with Crippen molar-refractivity contribution in [1.82, 2.24) is 10.3 Å². The lowest BCUT2D eigenvalue weighted by Gasteiger charge is -2.22. The molecule has 0 saturated carbocycles. The zero-order valence-corrected chi connectivity index (χ0v) is 15.8. The van der Waals surface area contributed by atoms with Crippen LogP contribution in [-0.2, 0) is 11.3 Å². The van der Waals surface area contributed by atoms with Crippen LogP contribution in [0.5, 0.6) is 0 Å². The molecule has 0 bridgehead atoms. The lowest BCUT2D eigenvalue weighted by atomic mass is 10.1. The molecule has 4 rings (SSSR count). The predicted octanol–water partition coefficient (Wildman–Crippen LogP) is 2.29. The highest BCUT2D eigenvalue weighted by molar-refractivity contribution is 6.13. The maximum Gasteiger partial charge on any atom is 0.317 e. The van der Waals surface area contributed by atoms with Crippen molar-refractivity contribution in [2.45, 2.75) is 25.4 Å². The van der Waals surface area contributed by atoms with Gasteiger partial charge < -0.3 is 30.9 Å². The first kappa shape index (κ1) is 19.0. The minimum Gasteiger partial charge on any atom is -0.460 e. The van der Waals surface area contributed by atoms with Gasteiger partial charge in [0.15, 0.2) is 0 Å². The number of hydrogen-bond acceptors (Lipinski definition) is 5. The van der Waals surface area contributed by atoms with E-state index in [2.05, 4.69) is 15.6 Å². The summed E-state index contributed by atoms with van der Waals surface area (Å²) in [7, 11) is 0. The van der Waals surface area contributed by atoms with E-state index in [9.17, 15) is 9.59 Å². The summed E-state index contributed by atoms with van der Waals surface area (Å²) in [6.07, 6.45) is 2.00. The number of ether oxygens (including phenoxy) is 1. The van der Waals surface area contributed by atoms with Crippen LogP contribution in [0.1, 0.15) is 29.0 Å². The second-order valence-electron chi connectivity index (χ2n) is 7.02. The first-order valence-electron chi connectivity index (χ1n) is 9.43. The van der Waals surface area contributed by atoms with Crippen molar-refractivity contribution in [3.63, 3.8) is 0 Å². The SMILES string of the molecule is NC(=O)Nc1[nH]c2cc(-c3ccc(CNC4CCOCC4)o3)ccc2c1C(N)=O. The Morgan fingerprint density at radius 3 is 2.66 bits per heavy atom. The lowest BCUT2D eigenvalue weighted by Crippen LogP contribution is -2.34. The monoisotopic (exact) mass is 397 g/mol. The number of fused-ring (bicyclic) bond motifs is 1. The van der Waals surface area contributed by atoms with Crippen LogP contribution < -0.4 is 22.1 Å². The van der Waals surface area contributed by atoms with E-state index in [0.717, 1.165) is 37.4 Å². The number of hydrogen-bond donors (Lipinski definition) is 5. The van der Waals surface area contributed by atoms with Gasteiger partial charge in [0.05, 0.1) is 12.1 Å². The van der Waals surface area contributed by atoms with E-state index in [4.69, 9.17) is 20.6 Å². The minimum atomic E-state index is -0.785. The average molecular weight is 397 g/mol. The average Bonchev–Trinajstić information content (AvgIpc) is 3.30. The van der Waals surface area contributed by atoms with Gasteiger partial charge >= 0.3 is 6.03 Å². The molecule has 0 unspecified atom stereocenters. The first-order valence-corrected chi connectivity index (χ1v) is 9.43. The Morgan fingerprint density at radius 1 is 1.14 bits per heavy atom. The number of carbonyl (C=O) groups excluding carboxylic acids is 2. The molecule has 0 aliphatic carbocycles. The quantitative estimate of drug-likeness (QED) is 0.433.